The summed E-state index contributed by atoms with van der Waals surface area (Å²) in [6.07, 6.45) is 6.02. The number of ether oxygens (including phenoxy) is 1. The number of nitrogens with one attached hydrogen (secondary N) is 2. The minimum atomic E-state index is -1.68. The molecule has 11 heteroatoms. The van der Waals surface area contributed by atoms with Crippen molar-refractivity contribution in [3.8, 4) is 11.5 Å². The molecular formula is C32H32N6O4S. The Kier molecular flexibility index (Phi) is 7.47. The third-order valence-corrected chi connectivity index (χ3v) is 9.49. The highest BCUT2D eigenvalue weighted by atomic mass is 32.1. The molecule has 0 saturated heterocycles. The van der Waals surface area contributed by atoms with Crippen LogP contribution in [0.5, 0.6) is 11.5 Å². The third-order valence-electron chi connectivity index (χ3n) is 8.23. The maximum Gasteiger partial charge on any atom is 0.262 e. The van der Waals surface area contributed by atoms with Crippen LogP contribution in [0.15, 0.2) is 73.4 Å². The molecule has 8 N–H and O–H groups in total. The molecule has 2 aromatic heterocycles. The number of carbonyl (C=O) groups excluding carboxylic acids is 3. The van der Waals surface area contributed by atoms with Crippen LogP contribution in [0.2, 0.25) is 0 Å². The molecule has 1 saturated carbocycles. The van der Waals surface area contributed by atoms with E-state index >= 15 is 0 Å². The van der Waals surface area contributed by atoms with E-state index in [0.29, 0.717) is 55.4 Å². The highest BCUT2D eigenvalue weighted by Crippen LogP contribution is 2.49. The van der Waals surface area contributed by atoms with Gasteiger partial charge < -0.3 is 32.6 Å². The van der Waals surface area contributed by atoms with Crippen molar-refractivity contribution in [1.82, 2.24) is 15.6 Å². The monoisotopic (exact) mass is 596 g/mol. The van der Waals surface area contributed by atoms with Crippen LogP contribution in [0.4, 0.5) is 5.69 Å². The van der Waals surface area contributed by atoms with Gasteiger partial charge in [-0.1, -0.05) is 43.7 Å². The number of rotatable bonds is 7. The second-order valence-electron chi connectivity index (χ2n) is 10.9. The first-order valence-electron chi connectivity index (χ1n) is 14.1. The minimum absolute atomic E-state index is 0.235. The predicted octanol–water partition coefficient (Wildman–Crippen LogP) is 3.80. The summed E-state index contributed by atoms with van der Waals surface area (Å²) in [4.78, 5) is 44.7. The van der Waals surface area contributed by atoms with Crippen LogP contribution in [0.1, 0.15) is 58.2 Å². The van der Waals surface area contributed by atoms with E-state index in [1.807, 2.05) is 30.3 Å². The molecule has 0 spiro atoms. The van der Waals surface area contributed by atoms with Gasteiger partial charge in [0.15, 0.2) is 5.78 Å². The second-order valence-corrected chi connectivity index (χ2v) is 11.9. The molecule has 2 aliphatic rings. The summed E-state index contributed by atoms with van der Waals surface area (Å²) in [7, 11) is 0. The van der Waals surface area contributed by atoms with Gasteiger partial charge in [-0.25, -0.2) is 0 Å². The predicted molar refractivity (Wildman–Crippen MR) is 166 cm³/mol. The molecule has 4 atom stereocenters. The van der Waals surface area contributed by atoms with E-state index < -0.39 is 17.4 Å². The van der Waals surface area contributed by atoms with E-state index in [2.05, 4.69) is 22.2 Å². The number of pyridine rings is 1. The number of aromatic nitrogens is 1. The van der Waals surface area contributed by atoms with Gasteiger partial charge in [0, 0.05) is 28.7 Å². The van der Waals surface area contributed by atoms with Crippen molar-refractivity contribution < 1.29 is 19.1 Å². The molecule has 43 heavy (non-hydrogen) atoms. The summed E-state index contributed by atoms with van der Waals surface area (Å²) in [5.41, 5.74) is 19.9. The molecule has 0 aliphatic heterocycles. The van der Waals surface area contributed by atoms with Crippen LogP contribution < -0.4 is 32.6 Å². The lowest BCUT2D eigenvalue weighted by atomic mass is 9.72. The van der Waals surface area contributed by atoms with Gasteiger partial charge in [-0.3, -0.25) is 19.4 Å². The molecule has 0 radical (unpaired) electrons. The summed E-state index contributed by atoms with van der Waals surface area (Å²) in [5, 5.41) is 6.60. The van der Waals surface area contributed by atoms with E-state index in [9.17, 15) is 14.4 Å². The van der Waals surface area contributed by atoms with Gasteiger partial charge >= 0.3 is 0 Å². The molecule has 4 aromatic rings. The van der Waals surface area contributed by atoms with Crippen molar-refractivity contribution in [3.63, 3.8) is 0 Å². The molecule has 10 nitrogen and oxygen atoms in total. The highest BCUT2D eigenvalue weighted by molar-refractivity contribution is 7.21. The Morgan fingerprint density at radius 1 is 1.02 bits per heavy atom. The van der Waals surface area contributed by atoms with E-state index in [0.717, 1.165) is 19.3 Å². The molecule has 0 bridgehead atoms. The second kappa shape index (κ2) is 11.3. The zero-order valence-electron chi connectivity index (χ0n) is 23.3. The number of thiophene rings is 1. The van der Waals surface area contributed by atoms with Crippen LogP contribution in [0.3, 0.4) is 0 Å². The minimum Gasteiger partial charge on any atom is -0.456 e. The number of hydrogen-bond acceptors (Lipinski definition) is 9. The van der Waals surface area contributed by atoms with Crippen LogP contribution in [-0.2, 0) is 15.1 Å². The average molecular weight is 597 g/mol. The first-order chi connectivity index (χ1) is 20.7. The zero-order valence-corrected chi connectivity index (χ0v) is 24.2. The summed E-state index contributed by atoms with van der Waals surface area (Å²) in [6.45, 7) is 3.52. The standard InChI is InChI=1S/C32H32N6O4S/c1-2-24(39)37-21-10-6-7-11-22(21)38-31(41)29-26-25-19(13-14-20(33)28(25)43-29)32(35,30(40)27(26)34)23-15-12-18(16-36-23)42-17-8-4-3-5-9-17/h2-5,8-9,12-16,21-22,27H,1,6-7,10-11,33-35H2,(H,37,39)(H,38,41)/t21-,22+,27?,32?/m0/s1. The van der Waals surface area contributed by atoms with Crippen LogP contribution >= 0.6 is 11.3 Å². The van der Waals surface area contributed by atoms with E-state index in [1.165, 1.54) is 23.6 Å². The number of para-hydroxylation sites is 1. The molecule has 1 fully saturated rings. The molecule has 2 amide bonds. The van der Waals surface area contributed by atoms with Crippen LogP contribution in [0, 0.1) is 0 Å². The quantitative estimate of drug-likeness (QED) is 0.158. The number of nitrogen functional groups attached to an aromatic ring is 1. The number of benzene rings is 2. The number of anilines is 1. The third kappa shape index (κ3) is 4.95. The van der Waals surface area contributed by atoms with Gasteiger partial charge in [0.05, 0.1) is 27.5 Å². The SMILES string of the molecule is C=CC(=O)N[C@H]1CCCC[C@H]1NC(=O)c1sc2c(N)ccc3c2c1C(N)C(=O)C3(N)c1ccc(Oc2ccccc2)cn1. The number of Topliss-reactive ketones (excluding diaryl/α,β-unsaturated/α-hetero) is 1. The topological polar surface area (TPSA) is 175 Å². The number of nitrogens with zero attached hydrogens (tertiary/aromatic N) is 1. The molecular weight excluding hydrogens is 564 g/mol. The van der Waals surface area contributed by atoms with Gasteiger partial charge in [0.1, 0.15) is 17.0 Å². The van der Waals surface area contributed by atoms with Gasteiger partial charge in [-0.05, 0) is 54.8 Å². The largest absolute Gasteiger partial charge is 0.456 e. The average Bonchev–Trinajstić information content (AvgIpc) is 3.43. The summed E-state index contributed by atoms with van der Waals surface area (Å²) >= 11 is 1.18. The first-order valence-corrected chi connectivity index (χ1v) is 14.9. The Morgan fingerprint density at radius 2 is 1.74 bits per heavy atom. The van der Waals surface area contributed by atoms with Crippen molar-refractivity contribution in [3.05, 3.63) is 95.1 Å². The number of ketones is 1. The van der Waals surface area contributed by atoms with Gasteiger partial charge in [0.2, 0.25) is 5.91 Å². The Balaban J connectivity index is 1.37. The summed E-state index contributed by atoms with van der Waals surface area (Å²) < 4.78 is 6.48. The Morgan fingerprint density at radius 3 is 2.42 bits per heavy atom. The smallest absolute Gasteiger partial charge is 0.262 e. The number of carbonyl (C=O) groups is 3. The summed E-state index contributed by atoms with van der Waals surface area (Å²) in [5.74, 6) is -0.0299. The summed E-state index contributed by atoms with van der Waals surface area (Å²) in [6, 6.07) is 14.3. The first kappa shape index (κ1) is 28.5. The molecule has 2 unspecified atom stereocenters. The van der Waals surface area contributed by atoms with Gasteiger partial charge in [-0.2, -0.15) is 0 Å². The van der Waals surface area contributed by atoms with Crippen LogP contribution in [0.25, 0.3) is 10.1 Å². The molecule has 6 rings (SSSR count). The fourth-order valence-corrected chi connectivity index (χ4v) is 7.27. The molecule has 2 aliphatic carbocycles. The van der Waals surface area contributed by atoms with Gasteiger partial charge in [-0.15, -0.1) is 11.3 Å². The Labute approximate surface area is 252 Å². The van der Waals surface area contributed by atoms with Crippen molar-refractivity contribution in [1.29, 1.82) is 0 Å². The lowest BCUT2D eigenvalue weighted by Crippen LogP contribution is -2.54. The normalized spacial score (nSPS) is 23.0. The number of amides is 2. The van der Waals surface area contributed by atoms with E-state index in [-0.39, 0.29) is 23.9 Å². The molecule has 2 aromatic carbocycles. The molecule has 220 valence electrons. The highest BCUT2D eigenvalue weighted by Gasteiger charge is 2.49. The molecule has 2 heterocycles. The van der Waals surface area contributed by atoms with Crippen molar-refractivity contribution >= 4 is 44.7 Å². The lowest BCUT2D eigenvalue weighted by Gasteiger charge is -2.36. The fraction of sp³-hybridized carbons (Fsp3) is 0.250. The maximum atomic E-state index is 14.0. The van der Waals surface area contributed by atoms with E-state index in [1.54, 1.807) is 24.3 Å². The van der Waals surface area contributed by atoms with E-state index in [4.69, 9.17) is 21.9 Å². The van der Waals surface area contributed by atoms with Crippen LogP contribution in [-0.4, -0.2) is 34.7 Å². The number of nitrogens with two attached hydrogens (primary N) is 3. The van der Waals surface area contributed by atoms with Gasteiger partial charge in [0.25, 0.3) is 5.91 Å². The van der Waals surface area contributed by atoms with Crippen molar-refractivity contribution in [2.45, 2.75) is 49.3 Å². The Bertz CT molecular complexity index is 1740. The maximum absolute atomic E-state index is 14.0. The fourth-order valence-electron chi connectivity index (χ4n) is 6.06. The lowest BCUT2D eigenvalue weighted by molar-refractivity contribution is -0.124. The van der Waals surface area contributed by atoms with Crippen molar-refractivity contribution in [2.24, 2.45) is 11.5 Å². The number of hydrogen-bond donors (Lipinski definition) is 5. The van der Waals surface area contributed by atoms with Crippen molar-refractivity contribution in [2.75, 3.05) is 5.73 Å². The zero-order chi connectivity index (χ0) is 30.3. The Hall–Kier alpha value is -4.58.